The van der Waals surface area contributed by atoms with Crippen LogP contribution in [-0.4, -0.2) is 31.1 Å². The fourth-order valence-corrected chi connectivity index (χ4v) is 2.85. The van der Waals surface area contributed by atoms with Gasteiger partial charge in [0.25, 0.3) is 0 Å². The van der Waals surface area contributed by atoms with Crippen LogP contribution in [0.2, 0.25) is 0 Å². The smallest absolute Gasteiger partial charge is 0.127 e. The van der Waals surface area contributed by atoms with Gasteiger partial charge in [-0.25, -0.2) is 4.39 Å². The van der Waals surface area contributed by atoms with Crippen LogP contribution in [0.4, 0.5) is 4.39 Å². The van der Waals surface area contributed by atoms with Gasteiger partial charge in [-0.1, -0.05) is 25.1 Å². The van der Waals surface area contributed by atoms with Crippen molar-refractivity contribution in [1.29, 1.82) is 0 Å². The molecular formula is C17H27FN2. The molecular weight excluding hydrogens is 251 g/mol. The van der Waals surface area contributed by atoms with E-state index in [-0.39, 0.29) is 11.9 Å². The second kappa shape index (κ2) is 7.19. The molecule has 1 fully saturated rings. The third-order valence-electron chi connectivity index (χ3n) is 4.50. The van der Waals surface area contributed by atoms with Gasteiger partial charge in [-0.15, -0.1) is 0 Å². The van der Waals surface area contributed by atoms with Gasteiger partial charge < -0.3 is 10.2 Å². The molecule has 0 radical (unpaired) electrons. The summed E-state index contributed by atoms with van der Waals surface area (Å²) in [7, 11) is 2.19. The summed E-state index contributed by atoms with van der Waals surface area (Å²) in [6, 6.07) is 7.87. The monoisotopic (exact) mass is 278 g/mol. The van der Waals surface area contributed by atoms with Crippen LogP contribution in [0.15, 0.2) is 24.3 Å². The Morgan fingerprint density at radius 1 is 1.35 bits per heavy atom. The van der Waals surface area contributed by atoms with E-state index in [1.54, 1.807) is 12.1 Å². The molecule has 2 unspecified atom stereocenters. The van der Waals surface area contributed by atoms with Crippen LogP contribution < -0.4 is 5.32 Å². The quantitative estimate of drug-likeness (QED) is 0.781. The normalized spacial score (nSPS) is 18.2. The molecule has 0 bridgehead atoms. The molecule has 1 saturated carbocycles. The molecule has 1 aromatic rings. The first-order valence-electron chi connectivity index (χ1n) is 7.81. The van der Waals surface area contributed by atoms with Gasteiger partial charge >= 0.3 is 0 Å². The molecule has 0 saturated heterocycles. The Hall–Kier alpha value is -0.930. The minimum atomic E-state index is -0.101. The lowest BCUT2D eigenvalue weighted by Crippen LogP contribution is -2.34. The van der Waals surface area contributed by atoms with E-state index in [4.69, 9.17) is 0 Å². The molecule has 112 valence electrons. The van der Waals surface area contributed by atoms with E-state index in [1.807, 2.05) is 12.1 Å². The molecule has 0 spiro atoms. The van der Waals surface area contributed by atoms with E-state index in [9.17, 15) is 4.39 Å². The number of nitrogens with one attached hydrogen (secondary N) is 1. The SMILES string of the molecule is CCNC(CCN(C)C(C)C1CC1)c1ccccc1F. The average molecular weight is 278 g/mol. The second-order valence-electron chi connectivity index (χ2n) is 5.98. The zero-order valence-corrected chi connectivity index (χ0v) is 12.9. The third kappa shape index (κ3) is 4.03. The molecule has 0 aromatic heterocycles. The maximum atomic E-state index is 13.9. The van der Waals surface area contributed by atoms with Crippen LogP contribution in [0.1, 0.15) is 44.7 Å². The molecule has 0 aliphatic heterocycles. The molecule has 2 nitrogen and oxygen atoms in total. The van der Waals surface area contributed by atoms with Gasteiger partial charge in [0.2, 0.25) is 0 Å². The fraction of sp³-hybridized carbons (Fsp3) is 0.647. The van der Waals surface area contributed by atoms with Crippen molar-refractivity contribution in [2.24, 2.45) is 5.92 Å². The number of hydrogen-bond acceptors (Lipinski definition) is 2. The highest BCUT2D eigenvalue weighted by molar-refractivity contribution is 5.21. The Morgan fingerprint density at radius 2 is 2.05 bits per heavy atom. The van der Waals surface area contributed by atoms with Crippen molar-refractivity contribution in [3.8, 4) is 0 Å². The predicted octanol–water partition coefficient (Wildman–Crippen LogP) is 3.60. The van der Waals surface area contributed by atoms with Crippen molar-refractivity contribution in [2.45, 2.75) is 45.2 Å². The van der Waals surface area contributed by atoms with Gasteiger partial charge in [0, 0.05) is 17.6 Å². The van der Waals surface area contributed by atoms with E-state index < -0.39 is 0 Å². The highest BCUT2D eigenvalue weighted by Gasteiger charge is 2.30. The summed E-state index contributed by atoms with van der Waals surface area (Å²) in [5.41, 5.74) is 0.793. The Bertz CT molecular complexity index is 417. The number of rotatable bonds is 8. The molecule has 20 heavy (non-hydrogen) atoms. The summed E-state index contributed by atoms with van der Waals surface area (Å²) in [4.78, 5) is 2.42. The second-order valence-corrected chi connectivity index (χ2v) is 5.98. The third-order valence-corrected chi connectivity index (χ3v) is 4.50. The largest absolute Gasteiger partial charge is 0.310 e. The maximum Gasteiger partial charge on any atom is 0.127 e. The molecule has 1 aromatic carbocycles. The van der Waals surface area contributed by atoms with Gasteiger partial charge in [0.15, 0.2) is 0 Å². The first-order valence-corrected chi connectivity index (χ1v) is 7.81. The highest BCUT2D eigenvalue weighted by Crippen LogP contribution is 2.35. The number of benzene rings is 1. The van der Waals surface area contributed by atoms with E-state index >= 15 is 0 Å². The predicted molar refractivity (Wildman–Crippen MR) is 82.3 cm³/mol. The molecule has 1 aliphatic carbocycles. The zero-order chi connectivity index (χ0) is 14.5. The summed E-state index contributed by atoms with van der Waals surface area (Å²) >= 11 is 0. The lowest BCUT2D eigenvalue weighted by atomic mass is 10.0. The molecule has 1 N–H and O–H groups in total. The molecule has 3 heteroatoms. The Morgan fingerprint density at radius 3 is 2.65 bits per heavy atom. The standard InChI is InChI=1S/C17H27FN2/c1-4-19-17(15-7-5-6-8-16(15)18)11-12-20(3)13(2)14-9-10-14/h5-8,13-14,17,19H,4,9-12H2,1-3H3. The fourth-order valence-electron chi connectivity index (χ4n) is 2.85. The van der Waals surface area contributed by atoms with Crippen molar-refractivity contribution in [3.05, 3.63) is 35.6 Å². The maximum absolute atomic E-state index is 13.9. The summed E-state index contributed by atoms with van der Waals surface area (Å²) in [6.07, 6.45) is 3.69. The minimum Gasteiger partial charge on any atom is -0.310 e. The molecule has 0 heterocycles. The van der Waals surface area contributed by atoms with Crippen molar-refractivity contribution < 1.29 is 4.39 Å². The van der Waals surface area contributed by atoms with Crippen molar-refractivity contribution >= 4 is 0 Å². The highest BCUT2D eigenvalue weighted by atomic mass is 19.1. The molecule has 2 rings (SSSR count). The van der Waals surface area contributed by atoms with Gasteiger partial charge in [-0.2, -0.15) is 0 Å². The first kappa shape index (κ1) is 15.5. The molecule has 2 atom stereocenters. The van der Waals surface area contributed by atoms with Crippen molar-refractivity contribution in [2.75, 3.05) is 20.1 Å². The lowest BCUT2D eigenvalue weighted by Gasteiger charge is -2.27. The van der Waals surface area contributed by atoms with Crippen LogP contribution in [-0.2, 0) is 0 Å². The van der Waals surface area contributed by atoms with E-state index in [1.165, 1.54) is 12.8 Å². The Labute approximate surface area is 122 Å². The zero-order valence-electron chi connectivity index (χ0n) is 12.9. The van der Waals surface area contributed by atoms with E-state index in [2.05, 4.69) is 31.1 Å². The Balaban J connectivity index is 1.93. The summed E-state index contributed by atoms with van der Waals surface area (Å²) < 4.78 is 13.9. The lowest BCUT2D eigenvalue weighted by molar-refractivity contribution is 0.221. The van der Waals surface area contributed by atoms with Crippen LogP contribution in [0.25, 0.3) is 0 Å². The van der Waals surface area contributed by atoms with Crippen LogP contribution in [0.3, 0.4) is 0 Å². The molecule has 0 amide bonds. The minimum absolute atomic E-state index is 0.101. The Kier molecular flexibility index (Phi) is 5.55. The topological polar surface area (TPSA) is 15.3 Å². The number of hydrogen-bond donors (Lipinski definition) is 1. The van der Waals surface area contributed by atoms with Gasteiger partial charge in [0.05, 0.1) is 0 Å². The van der Waals surface area contributed by atoms with Crippen molar-refractivity contribution in [3.63, 3.8) is 0 Å². The van der Waals surface area contributed by atoms with Gasteiger partial charge in [-0.3, -0.25) is 0 Å². The van der Waals surface area contributed by atoms with Crippen molar-refractivity contribution in [1.82, 2.24) is 10.2 Å². The first-order chi connectivity index (χ1) is 9.63. The summed E-state index contributed by atoms with van der Waals surface area (Å²) in [5.74, 6) is 0.780. The van der Waals surface area contributed by atoms with Gasteiger partial charge in [0.1, 0.15) is 5.82 Å². The summed E-state index contributed by atoms with van der Waals surface area (Å²) in [6.45, 7) is 6.25. The summed E-state index contributed by atoms with van der Waals surface area (Å²) in [5, 5.41) is 3.41. The van der Waals surface area contributed by atoms with Gasteiger partial charge in [-0.05, 0) is 58.3 Å². The number of nitrogens with zero attached hydrogens (tertiary/aromatic N) is 1. The average Bonchev–Trinajstić information content (AvgIpc) is 3.27. The van der Waals surface area contributed by atoms with Crippen LogP contribution in [0, 0.1) is 11.7 Å². The van der Waals surface area contributed by atoms with E-state index in [0.29, 0.717) is 6.04 Å². The van der Waals surface area contributed by atoms with E-state index in [0.717, 1.165) is 31.0 Å². The van der Waals surface area contributed by atoms with Crippen LogP contribution in [0.5, 0.6) is 0 Å². The molecule has 1 aliphatic rings. The number of halogens is 1. The van der Waals surface area contributed by atoms with Crippen LogP contribution >= 0.6 is 0 Å².